The maximum Gasteiger partial charge on any atom is 0.303 e. The highest BCUT2D eigenvalue weighted by molar-refractivity contribution is 5.94. The normalized spacial score (nSPS) is 26.1. The van der Waals surface area contributed by atoms with Crippen LogP contribution in [0.25, 0.3) is 0 Å². The van der Waals surface area contributed by atoms with Gasteiger partial charge >= 0.3 is 17.9 Å². The lowest BCUT2D eigenvalue weighted by atomic mass is 9.96. The molecule has 0 bridgehead atoms. The lowest BCUT2D eigenvalue weighted by Gasteiger charge is -2.43. The maximum absolute atomic E-state index is 12.5. The third kappa shape index (κ3) is 6.26. The molecule has 1 aliphatic heterocycles. The minimum absolute atomic E-state index is 0.298. The Bertz CT molecular complexity index is 751. The molecule has 158 valence electrons. The highest BCUT2D eigenvalue weighted by Gasteiger charge is 2.50. The number of aliphatic hydroxyl groups excluding tert-OH is 1. The van der Waals surface area contributed by atoms with Gasteiger partial charge in [0.2, 0.25) is 0 Å². The van der Waals surface area contributed by atoms with Gasteiger partial charge in [-0.15, -0.1) is 0 Å². The van der Waals surface area contributed by atoms with Crippen LogP contribution in [0.2, 0.25) is 0 Å². The standard InChI is InChI=1S/C19H23NO9/c1-10(21)26-9-14-16(27-11(2)22)17(28-12(3)23)15(19(25)29-14)20-18(24)13-7-5-4-6-8-13/h4-8,14-17,19,25H,9H2,1-3H3,(H,20,24)/t14-,15+,16-,17-,19+/m1/s1. The minimum atomic E-state index is -1.63. The van der Waals surface area contributed by atoms with E-state index in [2.05, 4.69) is 5.32 Å². The zero-order valence-electron chi connectivity index (χ0n) is 16.2. The Hall–Kier alpha value is -2.98. The number of aliphatic hydroxyl groups is 1. The van der Waals surface area contributed by atoms with Crippen LogP contribution in [0.3, 0.4) is 0 Å². The third-order valence-corrected chi connectivity index (χ3v) is 4.05. The van der Waals surface area contributed by atoms with Gasteiger partial charge in [0.25, 0.3) is 5.91 Å². The molecule has 10 nitrogen and oxygen atoms in total. The van der Waals surface area contributed by atoms with Crippen molar-refractivity contribution in [2.75, 3.05) is 6.61 Å². The summed E-state index contributed by atoms with van der Waals surface area (Å²) in [5.41, 5.74) is 0.298. The first kappa shape index (κ1) is 22.3. The second-order valence-electron chi connectivity index (χ2n) is 6.38. The largest absolute Gasteiger partial charge is 0.463 e. The molecule has 1 fully saturated rings. The van der Waals surface area contributed by atoms with E-state index >= 15 is 0 Å². The molecule has 0 radical (unpaired) electrons. The highest BCUT2D eigenvalue weighted by Crippen LogP contribution is 2.26. The van der Waals surface area contributed by atoms with E-state index in [1.165, 1.54) is 6.92 Å². The van der Waals surface area contributed by atoms with E-state index in [0.29, 0.717) is 5.56 Å². The Morgan fingerprint density at radius 3 is 2.10 bits per heavy atom. The van der Waals surface area contributed by atoms with Crippen molar-refractivity contribution < 1.29 is 43.2 Å². The van der Waals surface area contributed by atoms with E-state index < -0.39 is 54.5 Å². The first-order valence-electron chi connectivity index (χ1n) is 8.86. The molecule has 10 heteroatoms. The second-order valence-corrected chi connectivity index (χ2v) is 6.38. The SMILES string of the molecule is CC(=O)OC[C@H]1O[C@H](O)[C@@H](NC(=O)c2ccccc2)[C@@H](OC(C)=O)[C@@H]1OC(C)=O. The van der Waals surface area contributed by atoms with Crippen LogP contribution in [0.5, 0.6) is 0 Å². The summed E-state index contributed by atoms with van der Waals surface area (Å²) in [5.74, 6) is -2.62. The van der Waals surface area contributed by atoms with Gasteiger partial charge in [-0.3, -0.25) is 19.2 Å². The van der Waals surface area contributed by atoms with Crippen molar-refractivity contribution in [2.24, 2.45) is 0 Å². The number of rotatable bonds is 6. The number of amides is 1. The number of nitrogens with one attached hydrogen (secondary N) is 1. The zero-order valence-corrected chi connectivity index (χ0v) is 16.2. The van der Waals surface area contributed by atoms with Gasteiger partial charge in [-0.1, -0.05) is 18.2 Å². The van der Waals surface area contributed by atoms with Gasteiger partial charge in [0.15, 0.2) is 18.5 Å². The minimum Gasteiger partial charge on any atom is -0.463 e. The summed E-state index contributed by atoms with van der Waals surface area (Å²) in [4.78, 5) is 46.9. The summed E-state index contributed by atoms with van der Waals surface area (Å²) in [7, 11) is 0. The summed E-state index contributed by atoms with van der Waals surface area (Å²) in [6.07, 6.45) is -5.26. The van der Waals surface area contributed by atoms with Crippen LogP contribution in [0.1, 0.15) is 31.1 Å². The van der Waals surface area contributed by atoms with E-state index in [-0.39, 0.29) is 6.61 Å². The second kappa shape index (κ2) is 9.99. The molecule has 2 N–H and O–H groups in total. The zero-order chi connectivity index (χ0) is 21.6. The molecule has 0 unspecified atom stereocenters. The molecule has 0 aliphatic carbocycles. The molecule has 1 saturated heterocycles. The molecule has 0 saturated carbocycles. The van der Waals surface area contributed by atoms with Crippen LogP contribution >= 0.6 is 0 Å². The number of carbonyl (C=O) groups excluding carboxylic acids is 4. The van der Waals surface area contributed by atoms with Crippen LogP contribution in [-0.2, 0) is 33.3 Å². The number of hydrogen-bond donors (Lipinski definition) is 2. The molecule has 1 amide bonds. The van der Waals surface area contributed by atoms with Gasteiger partial charge in [0.05, 0.1) is 0 Å². The van der Waals surface area contributed by atoms with E-state index in [0.717, 1.165) is 13.8 Å². The Morgan fingerprint density at radius 2 is 1.55 bits per heavy atom. The van der Waals surface area contributed by atoms with Crippen molar-refractivity contribution in [3.63, 3.8) is 0 Å². The van der Waals surface area contributed by atoms with Gasteiger partial charge < -0.3 is 29.4 Å². The first-order chi connectivity index (χ1) is 13.7. The molecule has 0 aromatic heterocycles. The number of carbonyl (C=O) groups is 4. The van der Waals surface area contributed by atoms with Crippen LogP contribution in [0.4, 0.5) is 0 Å². The van der Waals surface area contributed by atoms with Gasteiger partial charge in [-0.25, -0.2) is 0 Å². The van der Waals surface area contributed by atoms with Crippen molar-refractivity contribution in [2.45, 2.75) is 51.4 Å². The van der Waals surface area contributed by atoms with Gasteiger partial charge in [-0.2, -0.15) is 0 Å². The molecule has 5 atom stereocenters. The van der Waals surface area contributed by atoms with Crippen LogP contribution in [0, 0.1) is 0 Å². The predicted molar refractivity (Wildman–Crippen MR) is 96.3 cm³/mol. The van der Waals surface area contributed by atoms with E-state index in [1.807, 2.05) is 0 Å². The van der Waals surface area contributed by atoms with Gasteiger partial charge in [0, 0.05) is 26.3 Å². The van der Waals surface area contributed by atoms with Crippen molar-refractivity contribution in [3.05, 3.63) is 35.9 Å². The fourth-order valence-electron chi connectivity index (χ4n) is 2.90. The number of benzene rings is 1. The fraction of sp³-hybridized carbons (Fsp3) is 0.474. The van der Waals surface area contributed by atoms with E-state index in [1.54, 1.807) is 30.3 Å². The van der Waals surface area contributed by atoms with E-state index in [4.69, 9.17) is 18.9 Å². The predicted octanol–water partition coefficient (Wildman–Crippen LogP) is -0.0713. The molecule has 2 rings (SSSR count). The average Bonchev–Trinajstić information content (AvgIpc) is 2.65. The summed E-state index contributed by atoms with van der Waals surface area (Å²) >= 11 is 0. The van der Waals surface area contributed by atoms with Crippen molar-refractivity contribution in [3.8, 4) is 0 Å². The molecule has 29 heavy (non-hydrogen) atoms. The van der Waals surface area contributed by atoms with Crippen LogP contribution in [-0.4, -0.2) is 66.2 Å². The third-order valence-electron chi connectivity index (χ3n) is 4.05. The van der Waals surface area contributed by atoms with Gasteiger partial charge in [-0.05, 0) is 12.1 Å². The molecule has 1 aliphatic rings. The lowest BCUT2D eigenvalue weighted by Crippen LogP contribution is -2.66. The first-order valence-corrected chi connectivity index (χ1v) is 8.86. The van der Waals surface area contributed by atoms with Crippen molar-refractivity contribution in [1.82, 2.24) is 5.32 Å². The smallest absolute Gasteiger partial charge is 0.303 e. The quantitative estimate of drug-likeness (QED) is 0.488. The van der Waals surface area contributed by atoms with Crippen molar-refractivity contribution >= 4 is 23.8 Å². The Kier molecular flexibility index (Phi) is 7.68. The number of ether oxygens (including phenoxy) is 4. The van der Waals surface area contributed by atoms with E-state index in [9.17, 15) is 24.3 Å². The Balaban J connectivity index is 2.30. The van der Waals surface area contributed by atoms with Crippen molar-refractivity contribution in [1.29, 1.82) is 0 Å². The van der Waals surface area contributed by atoms with Crippen LogP contribution in [0.15, 0.2) is 30.3 Å². The molecule has 1 heterocycles. The van der Waals surface area contributed by atoms with Crippen LogP contribution < -0.4 is 5.32 Å². The summed E-state index contributed by atoms with van der Waals surface area (Å²) in [6.45, 7) is 3.08. The number of hydrogen-bond acceptors (Lipinski definition) is 9. The molecular weight excluding hydrogens is 386 g/mol. The highest BCUT2D eigenvalue weighted by atomic mass is 16.7. The fourth-order valence-corrected chi connectivity index (χ4v) is 2.90. The summed E-state index contributed by atoms with van der Waals surface area (Å²) in [5, 5.41) is 13.0. The number of esters is 3. The summed E-state index contributed by atoms with van der Waals surface area (Å²) in [6, 6.07) is 6.91. The molecule has 1 aromatic carbocycles. The maximum atomic E-state index is 12.5. The Morgan fingerprint density at radius 1 is 0.966 bits per heavy atom. The molecular formula is C19H23NO9. The topological polar surface area (TPSA) is 137 Å². The van der Waals surface area contributed by atoms with Gasteiger partial charge in [0.1, 0.15) is 18.8 Å². The average molecular weight is 409 g/mol. The lowest BCUT2D eigenvalue weighted by molar-refractivity contribution is -0.263. The monoisotopic (exact) mass is 409 g/mol. The molecule has 0 spiro atoms. The molecule has 1 aromatic rings. The summed E-state index contributed by atoms with van der Waals surface area (Å²) < 4.78 is 20.8. The Labute approximate surface area is 167 Å².